The van der Waals surface area contributed by atoms with Crippen LogP contribution in [0.2, 0.25) is 0 Å². The molecule has 4 heteroatoms. The van der Waals surface area contributed by atoms with Gasteiger partial charge in [-0.2, -0.15) is 0 Å². The van der Waals surface area contributed by atoms with Gasteiger partial charge in [0.15, 0.2) is 0 Å². The van der Waals surface area contributed by atoms with Crippen LogP contribution in [0, 0.1) is 5.82 Å². The zero-order chi connectivity index (χ0) is 14.8. The number of hydrogen-bond donors (Lipinski definition) is 1. The van der Waals surface area contributed by atoms with Gasteiger partial charge in [0.2, 0.25) is 0 Å². The molecule has 1 N–H and O–H groups in total. The van der Waals surface area contributed by atoms with Crippen molar-refractivity contribution >= 4 is 10.8 Å². The van der Waals surface area contributed by atoms with E-state index in [1.807, 2.05) is 13.0 Å². The number of aryl methyl sites for hydroxylation is 1. The van der Waals surface area contributed by atoms with Crippen molar-refractivity contribution < 1.29 is 8.60 Å². The maximum Gasteiger partial charge on any atom is 0.123 e. The Kier molecular flexibility index (Phi) is 4.75. The van der Waals surface area contributed by atoms with Crippen LogP contribution in [0.4, 0.5) is 4.39 Å². The number of benzene rings is 1. The van der Waals surface area contributed by atoms with Gasteiger partial charge in [0.05, 0.1) is 0 Å². The van der Waals surface area contributed by atoms with Crippen molar-refractivity contribution in [3.8, 4) is 0 Å². The van der Waals surface area contributed by atoms with Gasteiger partial charge in [-0.1, -0.05) is 19.4 Å². The fourth-order valence-electron chi connectivity index (χ4n) is 3.80. The number of fused-ring (bicyclic) bond motifs is 1. The summed E-state index contributed by atoms with van der Waals surface area (Å²) in [4.78, 5) is 0. The Labute approximate surface area is 129 Å². The molecule has 0 aromatic heterocycles. The molecule has 4 unspecified atom stereocenters. The van der Waals surface area contributed by atoms with E-state index in [4.69, 9.17) is 0 Å². The zero-order valence-corrected chi connectivity index (χ0v) is 13.4. The normalized spacial score (nSPS) is 30.1. The highest BCUT2D eigenvalue weighted by molar-refractivity contribution is 7.85. The zero-order valence-electron chi connectivity index (χ0n) is 12.6. The van der Waals surface area contributed by atoms with Gasteiger partial charge in [-0.15, -0.1) is 0 Å². The lowest BCUT2D eigenvalue weighted by molar-refractivity contribution is 0.340. The molecule has 2 aliphatic carbocycles. The smallest absolute Gasteiger partial charge is 0.123 e. The quantitative estimate of drug-likeness (QED) is 0.922. The maximum atomic E-state index is 13.5. The van der Waals surface area contributed by atoms with Crippen molar-refractivity contribution in [3.05, 3.63) is 35.1 Å². The molecule has 0 heterocycles. The second-order valence-electron chi connectivity index (χ2n) is 6.26. The van der Waals surface area contributed by atoms with Crippen molar-refractivity contribution in [3.63, 3.8) is 0 Å². The minimum absolute atomic E-state index is 0.143. The first-order valence-electron chi connectivity index (χ1n) is 8.09. The summed E-state index contributed by atoms with van der Waals surface area (Å²) in [7, 11) is -0.686. The van der Waals surface area contributed by atoms with Crippen LogP contribution in [0.5, 0.6) is 0 Å². The Balaban J connectivity index is 1.65. The molecule has 2 nitrogen and oxygen atoms in total. The Bertz CT molecular complexity index is 534. The van der Waals surface area contributed by atoms with E-state index in [0.29, 0.717) is 11.3 Å². The highest BCUT2D eigenvalue weighted by Gasteiger charge is 2.29. The maximum absolute atomic E-state index is 13.5. The van der Waals surface area contributed by atoms with Crippen molar-refractivity contribution in [1.82, 2.24) is 5.32 Å². The minimum atomic E-state index is -0.686. The predicted octanol–water partition coefficient (Wildman–Crippen LogP) is 3.48. The minimum Gasteiger partial charge on any atom is -0.307 e. The van der Waals surface area contributed by atoms with E-state index in [9.17, 15) is 8.60 Å². The molecule has 0 radical (unpaired) electrons. The summed E-state index contributed by atoms with van der Waals surface area (Å²) in [6.07, 6.45) is 6.48. The molecule has 116 valence electrons. The highest BCUT2D eigenvalue weighted by atomic mass is 32.2. The van der Waals surface area contributed by atoms with Crippen molar-refractivity contribution in [2.24, 2.45) is 0 Å². The second-order valence-corrected chi connectivity index (χ2v) is 8.26. The van der Waals surface area contributed by atoms with Crippen LogP contribution in [0.15, 0.2) is 18.2 Å². The SMILES string of the molecule is CCS(=O)C1CCCC(NC2CCc3ccc(F)cc32)C1. The number of nitrogens with one attached hydrogen (secondary N) is 1. The largest absolute Gasteiger partial charge is 0.307 e. The molecule has 3 rings (SSSR count). The summed E-state index contributed by atoms with van der Waals surface area (Å²) in [6, 6.07) is 5.86. The van der Waals surface area contributed by atoms with Gasteiger partial charge in [-0.05, 0) is 55.4 Å². The Morgan fingerprint density at radius 3 is 3.00 bits per heavy atom. The van der Waals surface area contributed by atoms with Crippen LogP contribution in [-0.4, -0.2) is 21.3 Å². The average Bonchev–Trinajstić information content (AvgIpc) is 2.89. The molecule has 0 amide bonds. The molecular formula is C17H24FNOS. The average molecular weight is 309 g/mol. The van der Waals surface area contributed by atoms with Crippen LogP contribution >= 0.6 is 0 Å². The van der Waals surface area contributed by atoms with Crippen LogP contribution in [0.25, 0.3) is 0 Å². The van der Waals surface area contributed by atoms with Crippen LogP contribution in [0.1, 0.15) is 56.2 Å². The molecule has 0 aliphatic heterocycles. The molecule has 0 saturated heterocycles. The first kappa shape index (κ1) is 15.2. The number of halogens is 1. The Morgan fingerprint density at radius 2 is 2.19 bits per heavy atom. The van der Waals surface area contributed by atoms with Crippen LogP contribution in [-0.2, 0) is 17.2 Å². The molecule has 2 aliphatic rings. The van der Waals surface area contributed by atoms with Gasteiger partial charge in [-0.3, -0.25) is 4.21 Å². The van der Waals surface area contributed by atoms with Crippen molar-refractivity contribution in [2.75, 3.05) is 5.75 Å². The standard InChI is InChI=1S/C17H24FNOS/c1-2-21(20)15-5-3-4-14(11-15)19-17-9-7-12-6-8-13(18)10-16(12)17/h6,8,10,14-15,17,19H,2-5,7,9,11H2,1H3. The fraction of sp³-hybridized carbons (Fsp3) is 0.647. The summed E-state index contributed by atoms with van der Waals surface area (Å²) in [5, 5.41) is 4.05. The Morgan fingerprint density at radius 1 is 1.33 bits per heavy atom. The number of rotatable bonds is 4. The van der Waals surface area contributed by atoms with E-state index in [-0.39, 0.29) is 11.9 Å². The molecule has 1 aromatic carbocycles. The summed E-state index contributed by atoms with van der Waals surface area (Å²) < 4.78 is 25.5. The van der Waals surface area contributed by atoms with Crippen molar-refractivity contribution in [1.29, 1.82) is 0 Å². The highest BCUT2D eigenvalue weighted by Crippen LogP contribution is 2.34. The molecule has 1 saturated carbocycles. The predicted molar refractivity (Wildman–Crippen MR) is 85.3 cm³/mol. The molecule has 0 bridgehead atoms. The van der Waals surface area contributed by atoms with E-state index in [1.54, 1.807) is 12.1 Å². The van der Waals surface area contributed by atoms with Crippen LogP contribution < -0.4 is 5.32 Å². The first-order chi connectivity index (χ1) is 10.2. The summed E-state index contributed by atoms with van der Waals surface area (Å²) in [6.45, 7) is 2.00. The summed E-state index contributed by atoms with van der Waals surface area (Å²) >= 11 is 0. The van der Waals surface area contributed by atoms with Gasteiger partial charge in [0, 0.05) is 33.9 Å². The first-order valence-corrected chi connectivity index (χ1v) is 9.47. The summed E-state index contributed by atoms with van der Waals surface area (Å²) in [5.41, 5.74) is 2.41. The van der Waals surface area contributed by atoms with Gasteiger partial charge in [0.1, 0.15) is 5.82 Å². The van der Waals surface area contributed by atoms with Gasteiger partial charge in [-0.25, -0.2) is 4.39 Å². The third kappa shape index (κ3) is 3.37. The topological polar surface area (TPSA) is 29.1 Å². The van der Waals surface area contributed by atoms with Crippen molar-refractivity contribution in [2.45, 2.75) is 62.8 Å². The van der Waals surface area contributed by atoms with E-state index in [2.05, 4.69) is 5.32 Å². The van der Waals surface area contributed by atoms with Gasteiger partial charge < -0.3 is 5.32 Å². The molecular weight excluding hydrogens is 285 g/mol. The van der Waals surface area contributed by atoms with E-state index < -0.39 is 10.8 Å². The summed E-state index contributed by atoms with van der Waals surface area (Å²) in [5.74, 6) is 0.616. The van der Waals surface area contributed by atoms with Crippen LogP contribution in [0.3, 0.4) is 0 Å². The third-order valence-corrected chi connectivity index (χ3v) is 6.65. The van der Waals surface area contributed by atoms with E-state index in [0.717, 1.165) is 49.8 Å². The molecule has 1 aromatic rings. The monoisotopic (exact) mass is 309 g/mol. The molecule has 21 heavy (non-hydrogen) atoms. The second kappa shape index (κ2) is 6.57. The van der Waals surface area contributed by atoms with Gasteiger partial charge in [0.25, 0.3) is 0 Å². The lowest BCUT2D eigenvalue weighted by atomic mass is 9.93. The van der Waals surface area contributed by atoms with E-state index >= 15 is 0 Å². The fourth-order valence-corrected chi connectivity index (χ4v) is 5.15. The van der Waals surface area contributed by atoms with Gasteiger partial charge >= 0.3 is 0 Å². The molecule has 0 spiro atoms. The lowest BCUT2D eigenvalue weighted by Gasteiger charge is -2.31. The molecule has 1 fully saturated rings. The lowest BCUT2D eigenvalue weighted by Crippen LogP contribution is -2.39. The molecule has 4 atom stereocenters. The Hall–Kier alpha value is -0.740. The third-order valence-electron chi connectivity index (χ3n) is 4.90. The number of hydrogen-bond acceptors (Lipinski definition) is 2. The van der Waals surface area contributed by atoms with E-state index in [1.165, 1.54) is 5.56 Å².